The van der Waals surface area contributed by atoms with E-state index in [4.69, 9.17) is 34.3 Å². The van der Waals surface area contributed by atoms with Gasteiger partial charge in [0.05, 0.1) is 12.8 Å². The summed E-state index contributed by atoms with van der Waals surface area (Å²) in [5, 5.41) is 7.03. The number of ether oxygens (including phenoxy) is 1. The Kier molecular flexibility index (Phi) is 5.41. The quantitative estimate of drug-likeness (QED) is 0.736. The minimum Gasteiger partial charge on any atom is -0.495 e. The molecule has 2 aromatic rings. The molecule has 0 bridgehead atoms. The highest BCUT2D eigenvalue weighted by molar-refractivity contribution is 7.80. The van der Waals surface area contributed by atoms with E-state index in [-0.39, 0.29) is 0 Å². The van der Waals surface area contributed by atoms with Crippen LogP contribution in [0.4, 0.5) is 11.4 Å². The molecule has 0 spiro atoms. The zero-order valence-electron chi connectivity index (χ0n) is 12.6. The number of amides is 1. The van der Waals surface area contributed by atoms with Crippen molar-refractivity contribution in [2.75, 3.05) is 17.7 Å². The number of nitrogens with two attached hydrogens (primary N) is 1. The molecule has 7 heteroatoms. The number of primary amides is 1. The van der Waals surface area contributed by atoms with Crippen molar-refractivity contribution >= 4 is 46.2 Å². The minimum absolute atomic E-state index is 0.370. The number of methoxy groups -OCH3 is 1. The molecule has 0 unspecified atom stereocenters. The van der Waals surface area contributed by atoms with E-state index < -0.39 is 5.91 Å². The Morgan fingerprint density at radius 2 is 1.87 bits per heavy atom. The fraction of sp³-hybridized carbons (Fsp3) is 0.125. The molecule has 0 aliphatic carbocycles. The lowest BCUT2D eigenvalue weighted by Crippen LogP contribution is -2.19. The second kappa shape index (κ2) is 7.30. The molecule has 0 atom stereocenters. The van der Waals surface area contributed by atoms with Gasteiger partial charge in [0, 0.05) is 16.3 Å². The lowest BCUT2D eigenvalue weighted by molar-refractivity contribution is 0.100. The van der Waals surface area contributed by atoms with Crippen LogP contribution in [0, 0.1) is 6.92 Å². The smallest absolute Gasteiger partial charge is 0.248 e. The summed E-state index contributed by atoms with van der Waals surface area (Å²) >= 11 is 11.4. The highest BCUT2D eigenvalue weighted by atomic mass is 35.5. The van der Waals surface area contributed by atoms with Crippen LogP contribution in [0.15, 0.2) is 36.4 Å². The van der Waals surface area contributed by atoms with Gasteiger partial charge in [-0.3, -0.25) is 4.79 Å². The number of hydrogen-bond donors (Lipinski definition) is 3. The Morgan fingerprint density at radius 3 is 2.43 bits per heavy atom. The van der Waals surface area contributed by atoms with Gasteiger partial charge in [0.25, 0.3) is 0 Å². The third-order valence-electron chi connectivity index (χ3n) is 3.16. The number of aryl methyl sites for hydroxylation is 1. The average Bonchev–Trinajstić information content (AvgIpc) is 2.51. The lowest BCUT2D eigenvalue weighted by Gasteiger charge is -2.15. The van der Waals surface area contributed by atoms with Crippen LogP contribution in [0.5, 0.6) is 5.75 Å². The predicted molar refractivity (Wildman–Crippen MR) is 97.5 cm³/mol. The molecular weight excluding hydrogens is 334 g/mol. The molecule has 5 nitrogen and oxygen atoms in total. The van der Waals surface area contributed by atoms with Gasteiger partial charge in [0.1, 0.15) is 5.75 Å². The third kappa shape index (κ3) is 4.34. The number of halogens is 1. The molecule has 0 radical (unpaired) electrons. The van der Waals surface area contributed by atoms with Crippen LogP contribution in [0.2, 0.25) is 5.02 Å². The van der Waals surface area contributed by atoms with Crippen LogP contribution in [0.3, 0.4) is 0 Å². The van der Waals surface area contributed by atoms with E-state index in [0.717, 1.165) is 11.3 Å². The Balaban J connectivity index is 2.10. The van der Waals surface area contributed by atoms with Gasteiger partial charge < -0.3 is 21.1 Å². The summed E-state index contributed by atoms with van der Waals surface area (Å²) in [6.45, 7) is 1.89. The van der Waals surface area contributed by atoms with Crippen LogP contribution in [0.1, 0.15) is 15.9 Å². The van der Waals surface area contributed by atoms with Crippen molar-refractivity contribution in [2.45, 2.75) is 6.92 Å². The molecule has 0 fully saturated rings. The van der Waals surface area contributed by atoms with Crippen LogP contribution in [-0.2, 0) is 0 Å². The van der Waals surface area contributed by atoms with Crippen molar-refractivity contribution < 1.29 is 9.53 Å². The summed E-state index contributed by atoms with van der Waals surface area (Å²) in [6.07, 6.45) is 0. The summed E-state index contributed by atoms with van der Waals surface area (Å²) in [5.74, 6) is 0.163. The normalized spacial score (nSPS) is 10.0. The van der Waals surface area contributed by atoms with E-state index >= 15 is 0 Å². The van der Waals surface area contributed by atoms with Gasteiger partial charge in [-0.2, -0.15) is 0 Å². The number of nitrogens with one attached hydrogen (secondary N) is 2. The average molecular weight is 350 g/mol. The number of rotatable bonds is 4. The molecule has 0 aromatic heterocycles. The maximum atomic E-state index is 11.0. The SMILES string of the molecule is COc1cc(C)c(Cl)cc1NC(=S)Nc1ccc(C(N)=O)cc1. The summed E-state index contributed by atoms with van der Waals surface area (Å²) in [7, 11) is 1.58. The number of anilines is 2. The van der Waals surface area contributed by atoms with Crippen molar-refractivity contribution in [2.24, 2.45) is 5.73 Å². The molecule has 1 amide bonds. The first-order valence-electron chi connectivity index (χ1n) is 6.72. The molecular formula is C16H16ClN3O2S. The van der Waals surface area contributed by atoms with Crippen molar-refractivity contribution in [1.29, 1.82) is 0 Å². The molecule has 0 aliphatic rings. The van der Waals surface area contributed by atoms with Crippen LogP contribution >= 0.6 is 23.8 Å². The number of benzene rings is 2. The number of hydrogen-bond acceptors (Lipinski definition) is 3. The van der Waals surface area contributed by atoms with Gasteiger partial charge in [-0.05, 0) is 61.1 Å². The van der Waals surface area contributed by atoms with E-state index in [0.29, 0.717) is 27.1 Å². The molecule has 120 valence electrons. The van der Waals surface area contributed by atoms with Crippen molar-refractivity contribution in [1.82, 2.24) is 0 Å². The summed E-state index contributed by atoms with van der Waals surface area (Å²) in [4.78, 5) is 11.0. The van der Waals surface area contributed by atoms with Crippen molar-refractivity contribution in [3.8, 4) is 5.75 Å². The third-order valence-corrected chi connectivity index (χ3v) is 3.77. The minimum atomic E-state index is -0.476. The van der Waals surface area contributed by atoms with E-state index in [1.54, 1.807) is 37.4 Å². The molecule has 2 aromatic carbocycles. The van der Waals surface area contributed by atoms with Crippen LogP contribution in [0.25, 0.3) is 0 Å². The monoisotopic (exact) mass is 349 g/mol. The van der Waals surface area contributed by atoms with Crippen molar-refractivity contribution in [3.05, 3.63) is 52.5 Å². The largest absolute Gasteiger partial charge is 0.495 e. The molecule has 2 rings (SSSR count). The maximum absolute atomic E-state index is 11.0. The summed E-state index contributed by atoms with van der Waals surface area (Å²) < 4.78 is 5.31. The van der Waals surface area contributed by atoms with Gasteiger partial charge in [0.2, 0.25) is 5.91 Å². The Bertz CT molecular complexity index is 748. The second-order valence-electron chi connectivity index (χ2n) is 4.82. The van der Waals surface area contributed by atoms with E-state index in [9.17, 15) is 4.79 Å². The Hall–Kier alpha value is -2.31. The Morgan fingerprint density at radius 1 is 1.22 bits per heavy atom. The second-order valence-corrected chi connectivity index (χ2v) is 5.64. The molecule has 4 N–H and O–H groups in total. The van der Waals surface area contributed by atoms with Crippen molar-refractivity contribution in [3.63, 3.8) is 0 Å². The molecule has 0 saturated heterocycles. The topological polar surface area (TPSA) is 76.4 Å². The number of carbonyl (C=O) groups is 1. The first-order chi connectivity index (χ1) is 10.9. The fourth-order valence-electron chi connectivity index (χ4n) is 1.92. The molecule has 0 saturated carbocycles. The zero-order chi connectivity index (χ0) is 17.0. The van der Waals surface area contributed by atoms with E-state index in [1.807, 2.05) is 13.0 Å². The van der Waals surface area contributed by atoms with Crippen LogP contribution in [-0.4, -0.2) is 18.1 Å². The predicted octanol–water partition coefficient (Wildman–Crippen LogP) is 3.56. The summed E-state index contributed by atoms with van der Waals surface area (Å²) in [5.41, 5.74) is 7.93. The highest BCUT2D eigenvalue weighted by Crippen LogP contribution is 2.31. The van der Waals surface area contributed by atoms with Gasteiger partial charge in [-0.1, -0.05) is 11.6 Å². The highest BCUT2D eigenvalue weighted by Gasteiger charge is 2.09. The number of thiocarbonyl (C=S) groups is 1. The van der Waals surface area contributed by atoms with E-state index in [1.165, 1.54) is 0 Å². The van der Waals surface area contributed by atoms with E-state index in [2.05, 4.69) is 10.6 Å². The van der Waals surface area contributed by atoms with Gasteiger partial charge in [0.15, 0.2) is 5.11 Å². The first-order valence-corrected chi connectivity index (χ1v) is 7.51. The van der Waals surface area contributed by atoms with Crippen LogP contribution < -0.4 is 21.1 Å². The first kappa shape index (κ1) is 17.1. The summed E-state index contributed by atoms with van der Waals surface area (Å²) in [6, 6.07) is 10.3. The van der Waals surface area contributed by atoms with Gasteiger partial charge >= 0.3 is 0 Å². The molecule has 0 heterocycles. The molecule has 0 aliphatic heterocycles. The van der Waals surface area contributed by atoms with Gasteiger partial charge in [-0.15, -0.1) is 0 Å². The standard InChI is InChI=1S/C16H16ClN3O2S/c1-9-7-14(22-2)13(8-12(9)17)20-16(23)19-11-5-3-10(4-6-11)15(18)21/h3-8H,1-2H3,(H2,18,21)(H2,19,20,23). The zero-order valence-corrected chi connectivity index (χ0v) is 14.2. The lowest BCUT2D eigenvalue weighted by atomic mass is 10.2. The maximum Gasteiger partial charge on any atom is 0.248 e. The fourth-order valence-corrected chi connectivity index (χ4v) is 2.32. The number of carbonyl (C=O) groups excluding carboxylic acids is 1. The Labute approximate surface area is 144 Å². The van der Waals surface area contributed by atoms with Gasteiger partial charge in [-0.25, -0.2) is 0 Å². The molecule has 23 heavy (non-hydrogen) atoms.